The molecule has 0 aliphatic rings. The van der Waals surface area contributed by atoms with Crippen molar-refractivity contribution in [2.75, 3.05) is 5.43 Å². The number of carboxylic acids is 1. The molecule has 0 aliphatic heterocycles. The van der Waals surface area contributed by atoms with Gasteiger partial charge in [-0.05, 0) is 61.7 Å². The Labute approximate surface area is 136 Å². The number of carboxylic acid groups (broad SMARTS) is 1. The van der Waals surface area contributed by atoms with Gasteiger partial charge in [0.15, 0.2) is 5.82 Å². The smallest absolute Gasteiger partial charge is 0.339 e. The molecule has 8 heteroatoms. The van der Waals surface area contributed by atoms with Gasteiger partial charge < -0.3 is 10.2 Å². The Morgan fingerprint density at radius 3 is 2.62 bits per heavy atom. The minimum atomic E-state index is -1.09. The van der Waals surface area contributed by atoms with Crippen molar-refractivity contribution < 1.29 is 15.0 Å². The molecule has 1 aromatic heterocycles. The predicted octanol–water partition coefficient (Wildman–Crippen LogP) is 3.46. The van der Waals surface area contributed by atoms with Crippen LogP contribution in [0.4, 0.5) is 5.82 Å². The number of pyridine rings is 1. The predicted molar refractivity (Wildman–Crippen MR) is 85.9 cm³/mol. The van der Waals surface area contributed by atoms with Gasteiger partial charge in [-0.25, -0.2) is 9.78 Å². The van der Waals surface area contributed by atoms with Gasteiger partial charge >= 0.3 is 5.97 Å². The van der Waals surface area contributed by atoms with Crippen molar-refractivity contribution >= 4 is 49.9 Å². The summed E-state index contributed by atoms with van der Waals surface area (Å²) in [5, 5.41) is 22.6. The summed E-state index contributed by atoms with van der Waals surface area (Å²) in [6, 6.07) is 6.30. The maximum atomic E-state index is 11.0. The second kappa shape index (κ2) is 6.68. The number of rotatable bonds is 4. The van der Waals surface area contributed by atoms with Crippen molar-refractivity contribution in [2.24, 2.45) is 5.10 Å². The highest BCUT2D eigenvalue weighted by atomic mass is 79.9. The first-order valence-corrected chi connectivity index (χ1v) is 7.23. The summed E-state index contributed by atoms with van der Waals surface area (Å²) in [6.07, 6.45) is 2.95. The van der Waals surface area contributed by atoms with Crippen LogP contribution >= 0.6 is 31.9 Å². The van der Waals surface area contributed by atoms with E-state index in [1.54, 1.807) is 12.1 Å². The van der Waals surface area contributed by atoms with E-state index in [9.17, 15) is 9.90 Å². The first-order valence-electron chi connectivity index (χ1n) is 5.64. The molecule has 108 valence electrons. The van der Waals surface area contributed by atoms with Crippen molar-refractivity contribution in [2.45, 2.75) is 0 Å². The fourth-order valence-electron chi connectivity index (χ4n) is 1.49. The van der Waals surface area contributed by atoms with Crippen molar-refractivity contribution in [1.29, 1.82) is 0 Å². The number of aromatic hydroxyl groups is 1. The number of benzene rings is 1. The number of aromatic carboxylic acids is 1. The summed E-state index contributed by atoms with van der Waals surface area (Å²) < 4.78 is 1.03. The molecule has 3 N–H and O–H groups in total. The number of hydrazone groups is 1. The van der Waals surface area contributed by atoms with Crippen molar-refractivity contribution in [3.63, 3.8) is 0 Å². The zero-order valence-corrected chi connectivity index (χ0v) is 13.6. The fourth-order valence-corrected chi connectivity index (χ4v) is 2.72. The number of aromatic nitrogens is 1. The number of anilines is 1. The summed E-state index contributed by atoms with van der Waals surface area (Å²) in [7, 11) is 0. The lowest BCUT2D eigenvalue weighted by atomic mass is 10.2. The third-order valence-corrected chi connectivity index (χ3v) is 3.67. The Morgan fingerprint density at radius 2 is 2.00 bits per heavy atom. The number of nitrogens with one attached hydrogen (secondary N) is 1. The molecule has 2 rings (SSSR count). The number of phenolic OH excluding ortho intramolecular Hbond substituents is 1. The van der Waals surface area contributed by atoms with Gasteiger partial charge in [-0.2, -0.15) is 5.10 Å². The lowest BCUT2D eigenvalue weighted by Crippen LogP contribution is -2.04. The monoisotopic (exact) mass is 413 g/mol. The average molecular weight is 415 g/mol. The minimum Gasteiger partial charge on any atom is -0.506 e. The quantitative estimate of drug-likeness (QED) is 0.526. The van der Waals surface area contributed by atoms with Crippen LogP contribution in [0.3, 0.4) is 0 Å². The summed E-state index contributed by atoms with van der Waals surface area (Å²) in [6.45, 7) is 0. The zero-order chi connectivity index (χ0) is 15.4. The van der Waals surface area contributed by atoms with Crippen molar-refractivity contribution in [3.8, 4) is 5.75 Å². The van der Waals surface area contributed by atoms with Crippen LogP contribution in [0.5, 0.6) is 5.75 Å². The molecule has 0 aliphatic carbocycles. The maximum absolute atomic E-state index is 11.0. The summed E-state index contributed by atoms with van der Waals surface area (Å²) in [4.78, 5) is 14.9. The van der Waals surface area contributed by atoms with Crippen molar-refractivity contribution in [1.82, 2.24) is 4.98 Å². The lowest BCUT2D eigenvalue weighted by Gasteiger charge is -2.04. The first-order chi connectivity index (χ1) is 9.99. The molecule has 0 amide bonds. The SMILES string of the molecule is O=C(O)c1cccnc1N/N=C/c1cc(Br)c(O)c(Br)c1. The Kier molecular flexibility index (Phi) is 4.92. The third kappa shape index (κ3) is 3.79. The third-order valence-electron chi connectivity index (χ3n) is 2.46. The molecule has 0 spiro atoms. The van der Waals surface area contributed by atoms with E-state index in [0.717, 1.165) is 0 Å². The van der Waals surface area contributed by atoms with Crippen LogP contribution in [0.1, 0.15) is 15.9 Å². The standard InChI is InChI=1S/C13H9Br2N3O3/c14-9-4-7(5-10(15)11(9)19)6-17-18-12-8(13(20)21)2-1-3-16-12/h1-6,19H,(H,16,18)(H,20,21)/b17-6+. The highest BCUT2D eigenvalue weighted by Gasteiger charge is 2.09. The van der Waals surface area contributed by atoms with Crippen LogP contribution in [0.2, 0.25) is 0 Å². The fraction of sp³-hybridized carbons (Fsp3) is 0. The van der Waals surface area contributed by atoms with Crippen molar-refractivity contribution in [3.05, 3.63) is 50.5 Å². The molecule has 21 heavy (non-hydrogen) atoms. The van der Waals surface area contributed by atoms with Gasteiger partial charge in [0.2, 0.25) is 0 Å². The van der Waals surface area contributed by atoms with Gasteiger partial charge in [-0.15, -0.1) is 0 Å². The van der Waals surface area contributed by atoms with Crippen LogP contribution in [0, 0.1) is 0 Å². The van der Waals surface area contributed by atoms with Gasteiger partial charge in [0.25, 0.3) is 0 Å². The van der Waals surface area contributed by atoms with E-state index < -0.39 is 5.97 Å². The van der Waals surface area contributed by atoms with E-state index in [0.29, 0.717) is 14.5 Å². The number of halogens is 2. The largest absolute Gasteiger partial charge is 0.506 e. The topological polar surface area (TPSA) is 94.8 Å². The second-order valence-electron chi connectivity index (χ2n) is 3.91. The van der Waals surface area contributed by atoms with E-state index in [1.165, 1.54) is 24.5 Å². The molecular weight excluding hydrogens is 406 g/mol. The summed E-state index contributed by atoms with van der Waals surface area (Å²) >= 11 is 6.42. The number of carbonyl (C=O) groups is 1. The highest BCUT2D eigenvalue weighted by Crippen LogP contribution is 2.32. The Balaban J connectivity index is 2.19. The number of nitrogens with zero attached hydrogens (tertiary/aromatic N) is 2. The Morgan fingerprint density at radius 1 is 1.33 bits per heavy atom. The van der Waals surface area contributed by atoms with E-state index >= 15 is 0 Å². The normalized spacial score (nSPS) is 10.8. The van der Waals surface area contributed by atoms with Crippen LogP contribution in [0.25, 0.3) is 0 Å². The van der Waals surface area contributed by atoms with Gasteiger partial charge in [-0.3, -0.25) is 5.43 Å². The summed E-state index contributed by atoms with van der Waals surface area (Å²) in [5.41, 5.74) is 3.31. The molecule has 0 fully saturated rings. The molecule has 1 heterocycles. The Hall–Kier alpha value is -1.93. The van der Waals surface area contributed by atoms with Crippen LogP contribution in [-0.2, 0) is 0 Å². The molecule has 6 nitrogen and oxygen atoms in total. The Bertz CT molecular complexity index is 697. The molecule has 0 bridgehead atoms. The van der Waals surface area contributed by atoms with E-state index in [2.05, 4.69) is 47.4 Å². The van der Waals surface area contributed by atoms with E-state index in [-0.39, 0.29) is 17.1 Å². The second-order valence-corrected chi connectivity index (χ2v) is 5.62. The molecule has 1 aromatic carbocycles. The molecule has 2 aromatic rings. The number of hydrogen-bond donors (Lipinski definition) is 3. The van der Waals surface area contributed by atoms with Crippen LogP contribution in [-0.4, -0.2) is 27.4 Å². The van der Waals surface area contributed by atoms with E-state index in [1.807, 2.05) is 0 Å². The maximum Gasteiger partial charge on any atom is 0.339 e. The molecular formula is C13H9Br2N3O3. The summed E-state index contributed by atoms with van der Waals surface area (Å²) in [5.74, 6) is -0.841. The molecule has 0 radical (unpaired) electrons. The number of phenols is 1. The minimum absolute atomic E-state index is 0.0303. The van der Waals surface area contributed by atoms with Gasteiger partial charge in [0.05, 0.1) is 15.2 Å². The van der Waals surface area contributed by atoms with Gasteiger partial charge in [0.1, 0.15) is 11.3 Å². The van der Waals surface area contributed by atoms with Gasteiger partial charge in [0, 0.05) is 6.20 Å². The van der Waals surface area contributed by atoms with Gasteiger partial charge in [-0.1, -0.05) is 0 Å². The van der Waals surface area contributed by atoms with Crippen LogP contribution < -0.4 is 5.43 Å². The highest BCUT2D eigenvalue weighted by molar-refractivity contribution is 9.11. The first kappa shape index (κ1) is 15.5. The molecule has 0 saturated heterocycles. The molecule has 0 atom stereocenters. The molecule has 0 saturated carbocycles. The molecule has 0 unspecified atom stereocenters. The zero-order valence-electron chi connectivity index (χ0n) is 10.4. The lowest BCUT2D eigenvalue weighted by molar-refractivity contribution is 0.0697. The average Bonchev–Trinajstić information content (AvgIpc) is 2.45. The van der Waals surface area contributed by atoms with E-state index in [4.69, 9.17) is 5.11 Å². The van der Waals surface area contributed by atoms with Crippen LogP contribution in [0.15, 0.2) is 44.5 Å². The number of hydrogen-bond acceptors (Lipinski definition) is 5.